The quantitative estimate of drug-likeness (QED) is 0.729. The molecule has 1 saturated heterocycles. The van der Waals surface area contributed by atoms with Crippen molar-refractivity contribution in [2.45, 2.75) is 12.5 Å². The molecule has 1 aliphatic heterocycles. The van der Waals surface area contributed by atoms with E-state index in [1.807, 2.05) is 6.07 Å². The van der Waals surface area contributed by atoms with Crippen LogP contribution < -0.4 is 10.6 Å². The summed E-state index contributed by atoms with van der Waals surface area (Å²) in [6.45, 7) is 2.92. The number of para-hydroxylation sites is 1. The number of carbonyl (C=O) groups is 1. The van der Waals surface area contributed by atoms with Crippen LogP contribution in [0.1, 0.15) is 18.0 Å². The van der Waals surface area contributed by atoms with Crippen molar-refractivity contribution >= 4 is 47.2 Å². The Hall–Kier alpha value is -1.37. The number of hydrogen-bond acceptors (Lipinski definition) is 3. The van der Waals surface area contributed by atoms with Crippen LogP contribution in [0, 0.1) is 5.82 Å². The zero-order valence-corrected chi connectivity index (χ0v) is 16.9. The molecule has 0 saturated carbocycles. The minimum absolute atomic E-state index is 0. The predicted octanol–water partition coefficient (Wildman–Crippen LogP) is 4.53. The summed E-state index contributed by atoms with van der Waals surface area (Å²) in [5.74, 6) is -0.407. The zero-order chi connectivity index (χ0) is 18.5. The maximum absolute atomic E-state index is 13.6. The molecule has 4 nitrogen and oxygen atoms in total. The minimum Gasteiger partial charge on any atom is -0.324 e. The molecule has 1 fully saturated rings. The van der Waals surface area contributed by atoms with Gasteiger partial charge in [0.1, 0.15) is 5.82 Å². The summed E-state index contributed by atoms with van der Waals surface area (Å²) in [5, 5.41) is 6.92. The smallest absolute Gasteiger partial charge is 0.225 e. The lowest BCUT2D eigenvalue weighted by atomic mass is 10.0. The first-order chi connectivity index (χ1) is 12.5. The van der Waals surface area contributed by atoms with Crippen LogP contribution in [-0.4, -0.2) is 37.0 Å². The van der Waals surface area contributed by atoms with Gasteiger partial charge in [-0.2, -0.15) is 0 Å². The molecule has 2 aromatic carbocycles. The number of nitrogens with one attached hydrogen (secondary N) is 2. The van der Waals surface area contributed by atoms with Gasteiger partial charge in [-0.1, -0.05) is 41.4 Å². The zero-order valence-electron chi connectivity index (χ0n) is 14.6. The molecule has 1 amide bonds. The van der Waals surface area contributed by atoms with Crippen molar-refractivity contribution in [1.82, 2.24) is 10.2 Å². The average molecular weight is 433 g/mol. The van der Waals surface area contributed by atoms with E-state index in [1.54, 1.807) is 30.3 Å². The van der Waals surface area contributed by atoms with Crippen LogP contribution in [0.5, 0.6) is 0 Å². The Balaban J connectivity index is 0.00000261. The largest absolute Gasteiger partial charge is 0.324 e. The third kappa shape index (κ3) is 5.80. The fourth-order valence-corrected chi connectivity index (χ4v) is 3.61. The normalized spacial score (nSPS) is 17.2. The third-order valence-electron chi connectivity index (χ3n) is 4.44. The van der Waals surface area contributed by atoms with Crippen molar-refractivity contribution in [2.24, 2.45) is 0 Å². The summed E-state index contributed by atoms with van der Waals surface area (Å²) >= 11 is 12.2. The molecule has 1 aliphatic rings. The van der Waals surface area contributed by atoms with Crippen LogP contribution in [-0.2, 0) is 4.79 Å². The lowest BCUT2D eigenvalue weighted by Gasteiger charge is -2.36. The number of amides is 1. The standard InChI is InChI=1S/C19H20Cl2FN3O.ClH/c20-15-5-2-6-16(21)19(15)24-18(26)7-9-25-10-8-23-12-17(25)13-3-1-4-14(22)11-13;/h1-6,11,17,23H,7-10,12H2,(H,24,26);1H. The van der Waals surface area contributed by atoms with Gasteiger partial charge in [0.15, 0.2) is 0 Å². The minimum atomic E-state index is -0.251. The molecule has 0 bridgehead atoms. The van der Waals surface area contributed by atoms with Crippen molar-refractivity contribution in [1.29, 1.82) is 0 Å². The van der Waals surface area contributed by atoms with Crippen molar-refractivity contribution in [2.75, 3.05) is 31.5 Å². The molecule has 8 heteroatoms. The molecule has 0 radical (unpaired) electrons. The Morgan fingerprint density at radius 3 is 2.63 bits per heavy atom. The molecule has 1 atom stereocenters. The van der Waals surface area contributed by atoms with Gasteiger partial charge in [-0.3, -0.25) is 9.69 Å². The summed E-state index contributed by atoms with van der Waals surface area (Å²) in [6, 6.07) is 11.7. The highest BCUT2D eigenvalue weighted by atomic mass is 35.5. The number of piperazine rings is 1. The van der Waals surface area contributed by atoms with Gasteiger partial charge in [-0.15, -0.1) is 12.4 Å². The lowest BCUT2D eigenvalue weighted by Crippen LogP contribution is -2.46. The van der Waals surface area contributed by atoms with E-state index in [2.05, 4.69) is 15.5 Å². The van der Waals surface area contributed by atoms with Gasteiger partial charge in [0.2, 0.25) is 5.91 Å². The Bertz CT molecular complexity index is 770. The molecule has 0 aromatic heterocycles. The fourth-order valence-electron chi connectivity index (χ4n) is 3.12. The topological polar surface area (TPSA) is 44.4 Å². The van der Waals surface area contributed by atoms with Gasteiger partial charge in [0.25, 0.3) is 0 Å². The molecule has 1 unspecified atom stereocenters. The second-order valence-electron chi connectivity index (χ2n) is 6.21. The van der Waals surface area contributed by atoms with Crippen LogP contribution in [0.2, 0.25) is 10.0 Å². The second kappa shape index (κ2) is 10.2. The van der Waals surface area contributed by atoms with E-state index >= 15 is 0 Å². The number of rotatable bonds is 5. The van der Waals surface area contributed by atoms with Crippen molar-refractivity contribution in [3.05, 3.63) is 63.9 Å². The summed E-state index contributed by atoms with van der Waals surface area (Å²) in [7, 11) is 0. The van der Waals surface area contributed by atoms with Gasteiger partial charge in [-0.05, 0) is 29.8 Å². The first kappa shape index (κ1) is 21.9. The molecule has 27 heavy (non-hydrogen) atoms. The van der Waals surface area contributed by atoms with Crippen LogP contribution in [0.25, 0.3) is 0 Å². The van der Waals surface area contributed by atoms with Gasteiger partial charge in [0.05, 0.1) is 15.7 Å². The van der Waals surface area contributed by atoms with E-state index in [0.29, 0.717) is 28.7 Å². The Kier molecular flexibility index (Phi) is 8.32. The van der Waals surface area contributed by atoms with E-state index in [9.17, 15) is 9.18 Å². The summed E-state index contributed by atoms with van der Waals surface area (Å²) in [4.78, 5) is 14.5. The van der Waals surface area contributed by atoms with Gasteiger partial charge >= 0.3 is 0 Å². The van der Waals surface area contributed by atoms with Gasteiger partial charge in [0, 0.05) is 38.6 Å². The number of nitrogens with zero attached hydrogens (tertiary/aromatic N) is 1. The molecule has 146 valence electrons. The van der Waals surface area contributed by atoms with E-state index in [4.69, 9.17) is 23.2 Å². The Morgan fingerprint density at radius 2 is 1.93 bits per heavy atom. The van der Waals surface area contributed by atoms with Crippen molar-refractivity contribution in [3.63, 3.8) is 0 Å². The Labute approximate surface area is 174 Å². The molecule has 2 N–H and O–H groups in total. The fraction of sp³-hybridized carbons (Fsp3) is 0.316. The molecule has 0 aliphatic carbocycles. The van der Waals surface area contributed by atoms with E-state index < -0.39 is 0 Å². The molecule has 2 aromatic rings. The molecule has 1 heterocycles. The van der Waals surface area contributed by atoms with Gasteiger partial charge < -0.3 is 10.6 Å². The Morgan fingerprint density at radius 1 is 1.22 bits per heavy atom. The average Bonchev–Trinajstić information content (AvgIpc) is 2.63. The van der Waals surface area contributed by atoms with Crippen LogP contribution in [0.4, 0.5) is 10.1 Å². The van der Waals surface area contributed by atoms with E-state index in [-0.39, 0.29) is 30.2 Å². The third-order valence-corrected chi connectivity index (χ3v) is 5.07. The summed E-state index contributed by atoms with van der Waals surface area (Å²) < 4.78 is 13.6. The number of hydrogen-bond donors (Lipinski definition) is 2. The number of anilines is 1. The van der Waals surface area contributed by atoms with Crippen LogP contribution >= 0.6 is 35.6 Å². The maximum atomic E-state index is 13.6. The maximum Gasteiger partial charge on any atom is 0.225 e. The van der Waals surface area contributed by atoms with E-state index in [1.165, 1.54) is 6.07 Å². The summed E-state index contributed by atoms with van der Waals surface area (Å²) in [6.07, 6.45) is 0.299. The van der Waals surface area contributed by atoms with Gasteiger partial charge in [-0.25, -0.2) is 4.39 Å². The van der Waals surface area contributed by atoms with Crippen molar-refractivity contribution in [3.8, 4) is 0 Å². The van der Waals surface area contributed by atoms with Crippen molar-refractivity contribution < 1.29 is 9.18 Å². The molecular weight excluding hydrogens is 412 g/mol. The predicted molar refractivity (Wildman–Crippen MR) is 111 cm³/mol. The SMILES string of the molecule is Cl.O=C(CCN1CCNCC1c1cccc(F)c1)Nc1c(Cl)cccc1Cl. The highest BCUT2D eigenvalue weighted by Gasteiger charge is 2.24. The van der Waals surface area contributed by atoms with E-state index in [0.717, 1.165) is 25.2 Å². The molecular formula is C19H21Cl3FN3O. The number of benzene rings is 2. The van der Waals surface area contributed by atoms with Crippen LogP contribution in [0.3, 0.4) is 0 Å². The first-order valence-corrected chi connectivity index (χ1v) is 9.24. The highest BCUT2D eigenvalue weighted by molar-refractivity contribution is 6.39. The highest BCUT2D eigenvalue weighted by Crippen LogP contribution is 2.30. The molecule has 0 spiro atoms. The first-order valence-electron chi connectivity index (χ1n) is 8.48. The number of halogens is 4. The van der Waals surface area contributed by atoms with Crippen LogP contribution in [0.15, 0.2) is 42.5 Å². The molecule has 3 rings (SSSR count). The summed E-state index contributed by atoms with van der Waals surface area (Å²) in [5.41, 5.74) is 1.34. The monoisotopic (exact) mass is 431 g/mol. The second-order valence-corrected chi connectivity index (χ2v) is 7.02. The lowest BCUT2D eigenvalue weighted by molar-refractivity contribution is -0.116. The number of carbonyl (C=O) groups excluding carboxylic acids is 1.